The molecule has 8 heteroatoms. The van der Waals surface area contributed by atoms with Crippen LogP contribution in [0.3, 0.4) is 0 Å². The predicted molar refractivity (Wildman–Crippen MR) is 66.7 cm³/mol. The van der Waals surface area contributed by atoms with Crippen molar-refractivity contribution >= 4 is 17.9 Å². The zero-order valence-electron chi connectivity index (χ0n) is 12.1. The van der Waals surface area contributed by atoms with E-state index in [4.69, 9.17) is 9.47 Å². The molecule has 7 atom stereocenters. The van der Waals surface area contributed by atoms with Gasteiger partial charge in [0, 0.05) is 0 Å². The number of ether oxygens (including phenoxy) is 2. The summed E-state index contributed by atoms with van der Waals surface area (Å²) in [6.07, 6.45) is -0.484. The van der Waals surface area contributed by atoms with Crippen LogP contribution in [0.25, 0.3) is 0 Å². The predicted octanol–water partition coefficient (Wildman–Crippen LogP) is -3.25. The zero-order chi connectivity index (χ0) is 15.8. The van der Waals surface area contributed by atoms with Crippen LogP contribution in [-0.2, 0) is 23.9 Å². The van der Waals surface area contributed by atoms with Gasteiger partial charge in [0.2, 0.25) is 0 Å². The van der Waals surface area contributed by atoms with Crippen molar-refractivity contribution in [3.05, 3.63) is 0 Å². The number of halogens is 1. The first-order valence-electron chi connectivity index (χ1n) is 7.34. The third-order valence-corrected chi connectivity index (χ3v) is 8.25. The van der Waals surface area contributed by atoms with E-state index < -0.39 is 41.4 Å². The second-order valence-electron chi connectivity index (χ2n) is 7.03. The molecular weight excluding hydrogens is 405 g/mol. The second-order valence-corrected chi connectivity index (χ2v) is 9.52. The van der Waals surface area contributed by atoms with Crippen LogP contribution in [0.4, 0.5) is 0 Å². The number of hydrogen-bond donors (Lipinski definition) is 2. The Bertz CT molecular complexity index is 574. The zero-order valence-corrected chi connectivity index (χ0v) is 14.3. The molecule has 2 aliphatic carbocycles. The number of carbonyl (C=O) groups excluding carboxylic acids is 2. The minimum absolute atomic E-state index is 0.119. The Hall–Kier alpha value is -0.900. The molecule has 2 bridgehead atoms. The molecule has 2 heterocycles. The van der Waals surface area contributed by atoms with Crippen molar-refractivity contribution in [1.29, 1.82) is 0 Å². The van der Waals surface area contributed by atoms with Gasteiger partial charge in [-0.3, -0.25) is 0 Å². The van der Waals surface area contributed by atoms with Gasteiger partial charge >= 0.3 is 137 Å². The summed E-state index contributed by atoms with van der Waals surface area (Å²) in [5, 5.41) is 9.43. The molecule has 0 radical (unpaired) electrons. The summed E-state index contributed by atoms with van der Waals surface area (Å²) in [6, 6.07) is 0. The van der Waals surface area contributed by atoms with Crippen LogP contribution in [-0.4, -0.2) is 39.3 Å². The molecule has 2 N–H and O–H groups in total. The van der Waals surface area contributed by atoms with Crippen molar-refractivity contribution in [2.75, 3.05) is 0 Å². The summed E-state index contributed by atoms with van der Waals surface area (Å²) in [4.78, 5) is 35.9. The van der Waals surface area contributed by atoms with E-state index in [2.05, 4.69) is 3.53 Å². The van der Waals surface area contributed by atoms with E-state index in [0.717, 1.165) is 0 Å². The van der Waals surface area contributed by atoms with E-state index in [-0.39, 0.29) is 43.3 Å². The van der Waals surface area contributed by atoms with Crippen molar-refractivity contribution in [2.45, 2.75) is 36.5 Å². The molecule has 0 spiro atoms. The Morgan fingerprint density at radius 1 is 1.41 bits per heavy atom. The summed E-state index contributed by atoms with van der Waals surface area (Å²) >= 11 is -0.139. The van der Waals surface area contributed by atoms with Crippen molar-refractivity contribution in [3.8, 4) is 0 Å². The minimum atomic E-state index is -0.996. The number of hydrogen-bond acceptors (Lipinski definition) is 6. The van der Waals surface area contributed by atoms with Gasteiger partial charge < -0.3 is 0 Å². The van der Waals surface area contributed by atoms with Crippen molar-refractivity contribution in [3.63, 3.8) is 0 Å². The Morgan fingerprint density at radius 3 is 2.68 bits per heavy atom. The van der Waals surface area contributed by atoms with Crippen LogP contribution in [0.15, 0.2) is 0 Å². The Morgan fingerprint density at radius 2 is 2.09 bits per heavy atom. The summed E-state index contributed by atoms with van der Waals surface area (Å²) in [5.41, 5.74) is -0.615. The molecule has 0 amide bonds. The van der Waals surface area contributed by atoms with Crippen LogP contribution in [0.5, 0.6) is 0 Å². The van der Waals surface area contributed by atoms with Crippen LogP contribution in [0.2, 0.25) is 0 Å². The van der Waals surface area contributed by atoms with E-state index in [1.165, 1.54) is 0 Å². The topological polar surface area (TPSA) is 112 Å². The molecular formula is C14H17INO6-. The molecule has 2 saturated carbocycles. The first-order chi connectivity index (χ1) is 10.3. The van der Waals surface area contributed by atoms with Crippen molar-refractivity contribution in [1.82, 2.24) is 3.53 Å². The summed E-state index contributed by atoms with van der Waals surface area (Å²) in [7, 11) is 0. The Labute approximate surface area is 137 Å². The number of fused-ring (bicyclic) bond motifs is 1. The molecule has 7 nitrogen and oxygen atoms in total. The standard InChI is InChI=1S/C14H17INO6/c1-14(2,12-15-16-12)13(20)22-9-4-3-5-7(6(4)10(17)18)11(19)21-8(5)9/h4-9,12,16H,3H2,1-2H3,(H,17,18)/q-1. The van der Waals surface area contributed by atoms with E-state index in [1.807, 2.05) is 13.8 Å². The monoisotopic (exact) mass is 422 g/mol. The maximum atomic E-state index is 12.5. The number of esters is 2. The van der Waals surface area contributed by atoms with Crippen LogP contribution >= 0.6 is 0 Å². The number of aliphatic carboxylic acids is 1. The maximum absolute atomic E-state index is 12.5. The normalized spacial score (nSPS) is 45.2. The van der Waals surface area contributed by atoms with E-state index >= 15 is 0 Å². The van der Waals surface area contributed by atoms with Gasteiger partial charge in [-0.1, -0.05) is 0 Å². The third kappa shape index (κ3) is 1.85. The van der Waals surface area contributed by atoms with E-state index in [0.29, 0.717) is 6.42 Å². The Balaban J connectivity index is 1.57. The molecule has 0 aromatic rings. The number of carboxylic acid groups (broad SMARTS) is 1. The fraction of sp³-hybridized carbons (Fsp3) is 0.786. The first kappa shape index (κ1) is 14.7. The number of carbonyl (C=O) groups is 3. The van der Waals surface area contributed by atoms with Crippen LogP contribution in [0, 0.1) is 29.1 Å². The number of alkyl halides is 1. The molecule has 0 aromatic heterocycles. The van der Waals surface area contributed by atoms with Gasteiger partial charge in [0.05, 0.1) is 0 Å². The second kappa shape index (κ2) is 4.56. The number of rotatable bonds is 4. The average molecular weight is 422 g/mol. The fourth-order valence-corrected chi connectivity index (χ4v) is 6.16. The quantitative estimate of drug-likeness (QED) is 0.122. The van der Waals surface area contributed by atoms with Gasteiger partial charge in [-0.15, -0.1) is 0 Å². The van der Waals surface area contributed by atoms with Gasteiger partial charge in [0.1, 0.15) is 0 Å². The van der Waals surface area contributed by atoms with Crippen molar-refractivity contribution in [2.24, 2.45) is 29.1 Å². The van der Waals surface area contributed by atoms with Gasteiger partial charge in [-0.05, 0) is 0 Å². The molecule has 4 rings (SSSR count). The third-order valence-electron chi connectivity index (χ3n) is 5.45. The van der Waals surface area contributed by atoms with Gasteiger partial charge in [-0.25, -0.2) is 0 Å². The summed E-state index contributed by atoms with van der Waals surface area (Å²) in [5.74, 6) is -3.56. The van der Waals surface area contributed by atoms with E-state index in [9.17, 15) is 19.5 Å². The summed E-state index contributed by atoms with van der Waals surface area (Å²) in [6.45, 7) is 3.68. The molecule has 7 unspecified atom stereocenters. The average Bonchev–Trinajstić information content (AvgIpc) is 3.09. The fourth-order valence-electron chi connectivity index (χ4n) is 4.17. The first-order valence-corrected chi connectivity index (χ1v) is 9.67. The molecule has 122 valence electrons. The number of carboxylic acids is 1. The van der Waals surface area contributed by atoms with Crippen molar-refractivity contribution < 1.29 is 50.4 Å². The van der Waals surface area contributed by atoms with Crippen LogP contribution < -0.4 is 25.0 Å². The molecule has 4 fully saturated rings. The van der Waals surface area contributed by atoms with Gasteiger partial charge in [-0.2, -0.15) is 0 Å². The molecule has 0 aromatic carbocycles. The van der Waals surface area contributed by atoms with Gasteiger partial charge in [0.25, 0.3) is 0 Å². The summed E-state index contributed by atoms with van der Waals surface area (Å²) < 4.78 is 14.4. The molecule has 4 aliphatic rings. The molecule has 22 heavy (non-hydrogen) atoms. The number of nitrogens with one attached hydrogen (secondary N) is 1. The van der Waals surface area contributed by atoms with Gasteiger partial charge in [0.15, 0.2) is 0 Å². The molecule has 2 saturated heterocycles. The van der Waals surface area contributed by atoms with E-state index in [1.54, 1.807) is 0 Å². The molecule has 2 aliphatic heterocycles. The SMILES string of the molecule is CC(C)(C(=O)OC1C2CC3C1OC(=O)C3C2C(=O)O)C1N[I-]1. The Kier molecular flexibility index (Phi) is 3.04. The van der Waals surface area contributed by atoms with Crippen LogP contribution in [0.1, 0.15) is 20.3 Å².